The molecule has 0 heterocycles. The van der Waals surface area contributed by atoms with Gasteiger partial charge in [-0.3, -0.25) is 0 Å². The smallest absolute Gasteiger partial charge is 0.382 e. The number of aliphatic hydroxyl groups excluding tert-OH is 1. The fraction of sp³-hybridized carbons (Fsp3) is 0.400. The van der Waals surface area contributed by atoms with Crippen molar-refractivity contribution >= 4 is 15.9 Å². The molecule has 0 aromatic heterocycles. The second kappa shape index (κ2) is 5.65. The van der Waals surface area contributed by atoms with Gasteiger partial charge in [-0.05, 0) is 11.6 Å². The minimum Gasteiger partial charge on any atom is -0.382 e. The molecule has 6 heteroatoms. The van der Waals surface area contributed by atoms with Crippen LogP contribution in [0, 0.1) is 0 Å². The molecule has 1 rings (SSSR count). The van der Waals surface area contributed by atoms with E-state index in [1.54, 1.807) is 18.2 Å². The van der Waals surface area contributed by atoms with Crippen LogP contribution in [0.2, 0.25) is 0 Å². The number of hydrogen-bond donors (Lipinski definition) is 2. The van der Waals surface area contributed by atoms with Crippen molar-refractivity contribution in [1.82, 2.24) is 5.32 Å². The Balaban J connectivity index is 2.40. The second-order valence-electron chi connectivity index (χ2n) is 3.28. The van der Waals surface area contributed by atoms with Crippen LogP contribution in [0.4, 0.5) is 13.2 Å². The number of alkyl halides is 3. The van der Waals surface area contributed by atoms with Gasteiger partial charge in [0.1, 0.15) is 0 Å². The lowest BCUT2D eigenvalue weighted by Gasteiger charge is -2.15. The van der Waals surface area contributed by atoms with Gasteiger partial charge in [0.25, 0.3) is 0 Å². The number of hydrogen-bond acceptors (Lipinski definition) is 2. The summed E-state index contributed by atoms with van der Waals surface area (Å²) in [7, 11) is 0. The highest BCUT2D eigenvalue weighted by molar-refractivity contribution is 9.10. The van der Waals surface area contributed by atoms with Gasteiger partial charge >= 0.3 is 6.18 Å². The zero-order valence-corrected chi connectivity index (χ0v) is 9.85. The van der Waals surface area contributed by atoms with Crippen LogP contribution >= 0.6 is 15.9 Å². The minimum absolute atomic E-state index is 0.272. The Labute approximate surface area is 99.6 Å². The third-order valence-corrected chi connectivity index (χ3v) is 2.76. The standard InChI is InChI=1S/C10H11BrF3NO/c11-8-4-2-1-3-7(8)5-15-6-9(16)10(12,13)14/h1-4,9,15-16H,5-6H2/t9-/m1/s1. The average molecular weight is 298 g/mol. The minimum atomic E-state index is -4.57. The lowest BCUT2D eigenvalue weighted by Crippen LogP contribution is -2.38. The van der Waals surface area contributed by atoms with Crippen LogP contribution in [0.15, 0.2) is 28.7 Å². The molecule has 1 atom stereocenters. The molecular formula is C10H11BrF3NO. The van der Waals surface area contributed by atoms with Crippen LogP contribution in [0.5, 0.6) is 0 Å². The van der Waals surface area contributed by atoms with Crippen molar-refractivity contribution in [3.05, 3.63) is 34.3 Å². The molecule has 0 radical (unpaired) electrons. The summed E-state index contributed by atoms with van der Waals surface area (Å²) in [6, 6.07) is 7.20. The maximum atomic E-state index is 12.0. The highest BCUT2D eigenvalue weighted by atomic mass is 79.9. The van der Waals surface area contributed by atoms with Crippen molar-refractivity contribution in [1.29, 1.82) is 0 Å². The molecule has 0 bridgehead atoms. The predicted molar refractivity (Wildman–Crippen MR) is 57.9 cm³/mol. The Hall–Kier alpha value is -0.590. The molecule has 0 spiro atoms. The van der Waals surface area contributed by atoms with Crippen molar-refractivity contribution < 1.29 is 18.3 Å². The molecular weight excluding hydrogens is 287 g/mol. The lowest BCUT2D eigenvalue weighted by atomic mass is 10.2. The van der Waals surface area contributed by atoms with Crippen LogP contribution in [-0.2, 0) is 6.54 Å². The van der Waals surface area contributed by atoms with Gasteiger partial charge in [-0.25, -0.2) is 0 Å². The summed E-state index contributed by atoms with van der Waals surface area (Å²) >= 11 is 3.28. The Kier molecular flexibility index (Phi) is 4.76. The molecule has 16 heavy (non-hydrogen) atoms. The number of benzene rings is 1. The van der Waals surface area contributed by atoms with Crippen LogP contribution < -0.4 is 5.32 Å². The van der Waals surface area contributed by atoms with E-state index in [0.29, 0.717) is 0 Å². The van der Waals surface area contributed by atoms with Crippen LogP contribution in [0.25, 0.3) is 0 Å². The molecule has 0 aliphatic heterocycles. The highest BCUT2D eigenvalue weighted by Crippen LogP contribution is 2.20. The van der Waals surface area contributed by atoms with Gasteiger partial charge in [0, 0.05) is 17.6 Å². The monoisotopic (exact) mass is 297 g/mol. The van der Waals surface area contributed by atoms with Gasteiger partial charge in [-0.15, -0.1) is 0 Å². The molecule has 0 saturated carbocycles. The summed E-state index contributed by atoms with van der Waals surface area (Å²) in [5.74, 6) is 0. The van der Waals surface area contributed by atoms with Crippen molar-refractivity contribution in [3.8, 4) is 0 Å². The van der Waals surface area contributed by atoms with Gasteiger partial charge in [0.05, 0.1) is 0 Å². The number of aliphatic hydroxyl groups is 1. The van der Waals surface area contributed by atoms with E-state index in [1.807, 2.05) is 6.07 Å². The third-order valence-electron chi connectivity index (χ3n) is 1.99. The number of nitrogens with one attached hydrogen (secondary N) is 1. The number of halogens is 4. The van der Waals surface area contributed by atoms with Crippen molar-refractivity contribution in [2.45, 2.75) is 18.8 Å². The molecule has 90 valence electrons. The van der Waals surface area contributed by atoms with Gasteiger partial charge in [-0.2, -0.15) is 13.2 Å². The molecule has 0 saturated heterocycles. The van der Waals surface area contributed by atoms with Gasteiger partial charge in [0.2, 0.25) is 0 Å². The van der Waals surface area contributed by atoms with Crippen molar-refractivity contribution in [2.75, 3.05) is 6.54 Å². The molecule has 2 N–H and O–H groups in total. The first-order valence-electron chi connectivity index (χ1n) is 4.60. The van der Waals surface area contributed by atoms with Crippen LogP contribution in [0.1, 0.15) is 5.56 Å². The molecule has 0 aliphatic rings. The molecule has 0 unspecified atom stereocenters. The summed E-state index contributed by atoms with van der Waals surface area (Å²) < 4.78 is 36.7. The Bertz CT molecular complexity index is 343. The maximum absolute atomic E-state index is 12.0. The predicted octanol–water partition coefficient (Wildman–Crippen LogP) is 2.46. The van der Waals surface area contributed by atoms with Crippen LogP contribution in [0.3, 0.4) is 0 Å². The first-order valence-corrected chi connectivity index (χ1v) is 5.39. The van der Waals surface area contributed by atoms with E-state index in [4.69, 9.17) is 5.11 Å². The second-order valence-corrected chi connectivity index (χ2v) is 4.13. The van der Waals surface area contributed by atoms with E-state index < -0.39 is 18.8 Å². The first kappa shape index (κ1) is 13.5. The van der Waals surface area contributed by atoms with E-state index in [0.717, 1.165) is 10.0 Å². The zero-order chi connectivity index (χ0) is 12.2. The van der Waals surface area contributed by atoms with Gasteiger partial charge in [-0.1, -0.05) is 34.1 Å². The molecule has 1 aromatic rings. The van der Waals surface area contributed by atoms with E-state index >= 15 is 0 Å². The topological polar surface area (TPSA) is 32.3 Å². The summed E-state index contributed by atoms with van der Waals surface area (Å²) in [4.78, 5) is 0. The third kappa shape index (κ3) is 4.11. The lowest BCUT2D eigenvalue weighted by molar-refractivity contribution is -0.201. The van der Waals surface area contributed by atoms with E-state index in [9.17, 15) is 13.2 Å². The largest absolute Gasteiger partial charge is 0.415 e. The highest BCUT2D eigenvalue weighted by Gasteiger charge is 2.37. The molecule has 1 aromatic carbocycles. The normalized spacial score (nSPS) is 13.8. The molecule has 0 fully saturated rings. The molecule has 2 nitrogen and oxygen atoms in total. The first-order chi connectivity index (χ1) is 7.41. The molecule has 0 amide bonds. The summed E-state index contributed by atoms with van der Waals surface area (Å²) in [5, 5.41) is 11.3. The summed E-state index contributed by atoms with van der Waals surface area (Å²) in [5.41, 5.74) is 0.844. The average Bonchev–Trinajstić information content (AvgIpc) is 2.19. The van der Waals surface area contributed by atoms with E-state index in [-0.39, 0.29) is 6.54 Å². The van der Waals surface area contributed by atoms with Crippen LogP contribution in [-0.4, -0.2) is 23.9 Å². The summed E-state index contributed by atoms with van der Waals surface area (Å²) in [6.07, 6.45) is -6.89. The van der Waals surface area contributed by atoms with Crippen molar-refractivity contribution in [3.63, 3.8) is 0 Å². The van der Waals surface area contributed by atoms with E-state index in [2.05, 4.69) is 21.2 Å². The SMILES string of the molecule is O[C@H](CNCc1ccccc1Br)C(F)(F)F. The Morgan fingerprint density at radius 3 is 2.50 bits per heavy atom. The van der Waals surface area contributed by atoms with Gasteiger partial charge in [0.15, 0.2) is 6.10 Å². The van der Waals surface area contributed by atoms with E-state index in [1.165, 1.54) is 0 Å². The Morgan fingerprint density at radius 1 is 1.31 bits per heavy atom. The molecule has 0 aliphatic carbocycles. The summed E-state index contributed by atoms with van der Waals surface area (Å²) in [6.45, 7) is -0.237. The van der Waals surface area contributed by atoms with Gasteiger partial charge < -0.3 is 10.4 Å². The Morgan fingerprint density at radius 2 is 1.94 bits per heavy atom. The fourth-order valence-corrected chi connectivity index (χ4v) is 1.53. The quantitative estimate of drug-likeness (QED) is 0.895. The zero-order valence-electron chi connectivity index (χ0n) is 8.26. The maximum Gasteiger partial charge on any atom is 0.415 e. The number of rotatable bonds is 4. The fourth-order valence-electron chi connectivity index (χ4n) is 1.10. The van der Waals surface area contributed by atoms with Crippen molar-refractivity contribution in [2.24, 2.45) is 0 Å².